The monoisotopic (exact) mass is 928 g/mol. The van der Waals surface area contributed by atoms with Crippen LogP contribution in [0.4, 0.5) is 0 Å². The minimum absolute atomic E-state index is 0.133. The Morgan fingerprint density at radius 3 is 0.768 bits per heavy atom. The minimum Gasteiger partial charge on any atom is -0.381 e. The van der Waals surface area contributed by atoms with E-state index in [0.717, 1.165) is 6.61 Å². The van der Waals surface area contributed by atoms with Gasteiger partial charge in [0.2, 0.25) is 0 Å². The van der Waals surface area contributed by atoms with Gasteiger partial charge >= 0.3 is 70.4 Å². The zero-order chi connectivity index (χ0) is 41.0. The van der Waals surface area contributed by atoms with E-state index in [9.17, 15) is 0 Å². The highest BCUT2D eigenvalue weighted by molar-refractivity contribution is 7.03. The molecule has 7 aliphatic rings. The smallest absolute Gasteiger partial charge is 0.381 e. The van der Waals surface area contributed by atoms with Crippen LogP contribution in [-0.2, 0) is 54.1 Å². The molecule has 6 aliphatic heterocycles. The van der Waals surface area contributed by atoms with Gasteiger partial charge in [-0.3, -0.25) is 0 Å². The molecule has 0 radical (unpaired) electrons. The molecular formula is C35H76O13Si8. The van der Waals surface area contributed by atoms with Crippen LogP contribution in [0.2, 0.25) is 48.4 Å². The average molecular weight is 930 g/mol. The van der Waals surface area contributed by atoms with Crippen molar-refractivity contribution in [2.45, 2.75) is 165 Å². The molecule has 326 valence electrons. The van der Waals surface area contributed by atoms with Crippen molar-refractivity contribution in [2.24, 2.45) is 47.3 Å². The van der Waals surface area contributed by atoms with E-state index in [4.69, 9.17) is 54.1 Å². The van der Waals surface area contributed by atoms with Crippen molar-refractivity contribution in [3.05, 3.63) is 0 Å². The SMILES string of the molecule is CC(C)C[Si]12O[Si]3(CCCOCC4CC4)O[Si]4(CC(C)C)O[Si](CC(C)C)(O1)O[Si]1(CC(C)C)O[Si](CC(C)C)(O2)O[Si](CC(C)C)(O3)O[Si](CC(C)C)(O4)O1. The zero-order valence-electron chi connectivity index (χ0n) is 37.1. The fraction of sp³-hybridized carbons (Fsp3) is 1.00. The molecule has 8 bridgehead atoms. The third-order valence-corrected chi connectivity index (χ3v) is 50.2. The Morgan fingerprint density at radius 2 is 0.571 bits per heavy atom. The van der Waals surface area contributed by atoms with Crippen LogP contribution in [0.15, 0.2) is 0 Å². The molecule has 7 fully saturated rings. The zero-order valence-corrected chi connectivity index (χ0v) is 45.1. The van der Waals surface area contributed by atoms with Gasteiger partial charge in [0.25, 0.3) is 0 Å². The van der Waals surface area contributed by atoms with E-state index in [1.807, 2.05) is 0 Å². The summed E-state index contributed by atoms with van der Waals surface area (Å²) in [6.07, 6.45) is 3.14. The third-order valence-electron chi connectivity index (χ3n) is 10.2. The van der Waals surface area contributed by atoms with Gasteiger partial charge in [-0.15, -0.1) is 0 Å². The van der Waals surface area contributed by atoms with Gasteiger partial charge in [-0.1, -0.05) is 96.9 Å². The summed E-state index contributed by atoms with van der Waals surface area (Å²) in [6, 6.07) is 3.96. The van der Waals surface area contributed by atoms with E-state index in [2.05, 4.69) is 96.9 Å². The molecule has 0 N–H and O–H groups in total. The molecule has 6 saturated heterocycles. The first-order chi connectivity index (χ1) is 26.0. The van der Waals surface area contributed by atoms with E-state index in [0.29, 0.717) is 67.3 Å². The van der Waals surface area contributed by atoms with Crippen LogP contribution in [0.1, 0.15) is 116 Å². The van der Waals surface area contributed by atoms with E-state index < -0.39 is 70.4 Å². The van der Waals surface area contributed by atoms with Crippen LogP contribution in [0.3, 0.4) is 0 Å². The molecule has 1 saturated carbocycles. The lowest BCUT2D eigenvalue weighted by atomic mass is 10.3. The predicted octanol–water partition coefficient (Wildman–Crippen LogP) is 9.17. The molecule has 13 nitrogen and oxygen atoms in total. The topological polar surface area (TPSA) is 120 Å². The molecule has 7 rings (SSSR count). The molecule has 0 atom stereocenters. The van der Waals surface area contributed by atoms with E-state index in [1.54, 1.807) is 0 Å². The Hall–Kier alpha value is 1.22. The van der Waals surface area contributed by atoms with Crippen LogP contribution >= 0.6 is 0 Å². The van der Waals surface area contributed by atoms with E-state index >= 15 is 0 Å². The summed E-state index contributed by atoms with van der Waals surface area (Å²) < 4.78 is 99.8. The van der Waals surface area contributed by atoms with Gasteiger partial charge < -0.3 is 54.1 Å². The predicted molar refractivity (Wildman–Crippen MR) is 230 cm³/mol. The van der Waals surface area contributed by atoms with Crippen molar-refractivity contribution in [3.8, 4) is 0 Å². The maximum Gasteiger partial charge on any atom is 0.479 e. The molecule has 0 aromatic rings. The Kier molecular flexibility index (Phi) is 14.5. The molecule has 1 aliphatic carbocycles. The quantitative estimate of drug-likeness (QED) is 0.0854. The summed E-state index contributed by atoms with van der Waals surface area (Å²) in [4.78, 5) is 0. The molecule has 0 spiro atoms. The second kappa shape index (κ2) is 17.4. The van der Waals surface area contributed by atoms with Crippen molar-refractivity contribution < 1.29 is 54.1 Å². The fourth-order valence-corrected chi connectivity index (χ4v) is 60.3. The normalized spacial score (nSPS) is 41.1. The first-order valence-electron chi connectivity index (χ1n) is 22.0. The number of ether oxygens (including phenoxy) is 1. The molecule has 56 heavy (non-hydrogen) atoms. The van der Waals surface area contributed by atoms with Crippen molar-refractivity contribution in [2.75, 3.05) is 13.2 Å². The van der Waals surface area contributed by atoms with E-state index in [-0.39, 0.29) is 41.4 Å². The van der Waals surface area contributed by atoms with Gasteiger partial charge in [0.05, 0.1) is 0 Å². The third kappa shape index (κ3) is 11.2. The molecule has 0 unspecified atom stereocenters. The van der Waals surface area contributed by atoms with E-state index in [1.165, 1.54) is 12.8 Å². The Labute approximate surface area is 348 Å². The van der Waals surface area contributed by atoms with Crippen LogP contribution in [0.25, 0.3) is 0 Å². The molecule has 0 aromatic heterocycles. The lowest BCUT2D eigenvalue weighted by molar-refractivity contribution is -0.0345. The van der Waals surface area contributed by atoms with Gasteiger partial charge in [0, 0.05) is 61.6 Å². The van der Waals surface area contributed by atoms with Crippen molar-refractivity contribution in [3.63, 3.8) is 0 Å². The molecule has 21 heteroatoms. The minimum atomic E-state index is -3.93. The molecular weight excluding hydrogens is 853 g/mol. The van der Waals surface area contributed by atoms with Crippen molar-refractivity contribution in [1.82, 2.24) is 0 Å². The maximum absolute atomic E-state index is 7.82. The highest BCUT2D eigenvalue weighted by Crippen LogP contribution is 2.56. The molecule has 6 heterocycles. The second-order valence-electron chi connectivity index (χ2n) is 20.5. The van der Waals surface area contributed by atoms with Crippen molar-refractivity contribution in [1.29, 1.82) is 0 Å². The highest BCUT2D eigenvalue weighted by atomic mass is 28.6. The van der Waals surface area contributed by atoms with Crippen LogP contribution < -0.4 is 0 Å². The molecule has 0 aromatic carbocycles. The van der Waals surface area contributed by atoms with Crippen LogP contribution in [-0.4, -0.2) is 83.6 Å². The summed E-state index contributed by atoms with van der Waals surface area (Å²) >= 11 is 0. The van der Waals surface area contributed by atoms with Crippen LogP contribution in [0, 0.1) is 47.3 Å². The second-order valence-corrected chi connectivity index (χ2v) is 44.6. The van der Waals surface area contributed by atoms with Crippen molar-refractivity contribution >= 4 is 70.4 Å². The summed E-state index contributed by atoms with van der Waals surface area (Å²) in [5, 5.41) is 0. The lowest BCUT2D eigenvalue weighted by Crippen LogP contribution is -2.88. The summed E-state index contributed by atoms with van der Waals surface area (Å²) in [6.45, 7) is 31.9. The first kappa shape index (κ1) is 46.7. The van der Waals surface area contributed by atoms with Gasteiger partial charge in [0.1, 0.15) is 0 Å². The average Bonchev–Trinajstić information content (AvgIpc) is 3.74. The summed E-state index contributed by atoms with van der Waals surface area (Å²) in [5.41, 5.74) is 0. The summed E-state index contributed by atoms with van der Waals surface area (Å²) in [5.74, 6) is 1.62. The number of rotatable bonds is 20. The summed E-state index contributed by atoms with van der Waals surface area (Å²) in [7, 11) is -31.2. The van der Waals surface area contributed by atoms with Gasteiger partial charge in [0.15, 0.2) is 0 Å². The lowest BCUT2D eigenvalue weighted by Gasteiger charge is -2.64. The maximum atomic E-state index is 7.82. The molecule has 0 amide bonds. The Bertz CT molecular complexity index is 1190. The Balaban J connectivity index is 1.67. The van der Waals surface area contributed by atoms with Crippen LogP contribution in [0.5, 0.6) is 0 Å². The van der Waals surface area contributed by atoms with Gasteiger partial charge in [-0.2, -0.15) is 0 Å². The number of hydrogen-bond acceptors (Lipinski definition) is 13. The standard InChI is InChI=1S/C35H76O13Si8/c1-28(2)21-50-37-49(19-15-18-36-20-35-16-17-35)38-51(22-29(3)4)42-53(40-50,24-31(7)8)46-56(27-34(13)14)47-54(41-50,25-32(9)10)43-52(39-49,23-30(5)6)45-55(44-51,48-56)26-33(11)12/h28-35H,15-27H2,1-14H3. The highest BCUT2D eigenvalue weighted by Gasteiger charge is 2.83. The largest absolute Gasteiger partial charge is 0.479 e. The Morgan fingerprint density at radius 1 is 0.357 bits per heavy atom. The van der Waals surface area contributed by atoms with Gasteiger partial charge in [-0.25, -0.2) is 0 Å². The van der Waals surface area contributed by atoms with Gasteiger partial charge in [-0.05, 0) is 66.6 Å². The fourth-order valence-electron chi connectivity index (χ4n) is 8.80. The first-order valence-corrected chi connectivity index (χ1v) is 37.4. The number of hydrogen-bond donors (Lipinski definition) is 0.